The summed E-state index contributed by atoms with van der Waals surface area (Å²) in [5.74, 6) is -2.41. The van der Waals surface area contributed by atoms with E-state index in [0.717, 1.165) is 16.5 Å². The maximum absolute atomic E-state index is 14.3. The molecular formula is C36H33FN2O6. The molecule has 5 aromatic rings. The van der Waals surface area contributed by atoms with Crippen LogP contribution in [0.3, 0.4) is 0 Å². The first kappa shape index (κ1) is 31.0. The van der Waals surface area contributed by atoms with Gasteiger partial charge in [0.25, 0.3) is 5.91 Å². The number of aromatic nitrogens is 1. The van der Waals surface area contributed by atoms with Crippen molar-refractivity contribution in [3.05, 3.63) is 119 Å². The molecule has 0 aliphatic heterocycles. The molecule has 8 nitrogen and oxygen atoms in total. The van der Waals surface area contributed by atoms with Gasteiger partial charge in [0.15, 0.2) is 0 Å². The van der Waals surface area contributed by atoms with Crippen molar-refractivity contribution >= 4 is 45.6 Å². The number of carboxylic acid groups (broad SMARTS) is 2. The van der Waals surface area contributed by atoms with Gasteiger partial charge in [0.1, 0.15) is 17.3 Å². The summed E-state index contributed by atoms with van der Waals surface area (Å²) in [6, 6.07) is 24.1. The number of carboxylic acids is 2. The number of fused-ring (bicyclic) bond motifs is 2. The van der Waals surface area contributed by atoms with Gasteiger partial charge in [0.05, 0.1) is 17.7 Å². The van der Waals surface area contributed by atoms with Crippen molar-refractivity contribution < 1.29 is 33.7 Å². The molecule has 3 N–H and O–H groups in total. The molecular weight excluding hydrogens is 575 g/mol. The Morgan fingerprint density at radius 1 is 0.822 bits per heavy atom. The number of nitrogens with zero attached hydrogens (tertiary/aromatic N) is 1. The number of allylic oxidation sites excluding steroid dienone is 1. The minimum atomic E-state index is -1.16. The van der Waals surface area contributed by atoms with E-state index in [0.29, 0.717) is 61.8 Å². The van der Waals surface area contributed by atoms with E-state index in [1.807, 2.05) is 48.5 Å². The third-order valence-corrected chi connectivity index (χ3v) is 7.57. The number of hydrogen-bond donors (Lipinski definition) is 3. The van der Waals surface area contributed by atoms with Crippen LogP contribution in [0.2, 0.25) is 0 Å². The second-order valence-corrected chi connectivity index (χ2v) is 10.6. The summed E-state index contributed by atoms with van der Waals surface area (Å²) in [7, 11) is 0. The molecule has 230 valence electrons. The summed E-state index contributed by atoms with van der Waals surface area (Å²) in [4.78, 5) is 36.3. The summed E-state index contributed by atoms with van der Waals surface area (Å²) in [5, 5.41) is 24.8. The van der Waals surface area contributed by atoms with Crippen LogP contribution in [-0.2, 0) is 6.54 Å². The molecule has 5 rings (SSSR count). The van der Waals surface area contributed by atoms with E-state index in [-0.39, 0.29) is 16.8 Å². The molecule has 0 spiro atoms. The Hall–Kier alpha value is -5.44. The van der Waals surface area contributed by atoms with Crippen LogP contribution in [-0.4, -0.2) is 45.8 Å². The minimum Gasteiger partial charge on any atom is -0.493 e. The fraction of sp³-hybridized carbons (Fsp3) is 0.194. The van der Waals surface area contributed by atoms with Gasteiger partial charge in [-0.25, -0.2) is 14.0 Å². The Labute approximate surface area is 259 Å². The van der Waals surface area contributed by atoms with Crippen LogP contribution in [0.25, 0.3) is 27.8 Å². The minimum absolute atomic E-state index is 0.0555. The van der Waals surface area contributed by atoms with Gasteiger partial charge in [-0.05, 0) is 67.5 Å². The smallest absolute Gasteiger partial charge is 0.353 e. The molecule has 1 aromatic heterocycles. The second-order valence-electron chi connectivity index (χ2n) is 10.6. The standard InChI is InChI=1S/C36H33FN2O6/c37-25-18-19-31-30(23-25)27(14-3-1-2-8-20-38-34(40)28-15-6-7-16-29(28)35(41)42)33(36(43)44)39(31)21-10-22-45-32-17-9-12-24-11-4-5-13-26(24)32/h3-7,9,11-19,23H,1-2,8,10,20-22H2,(H,38,40)(H,41,42)(H,43,44). The lowest BCUT2D eigenvalue weighted by Gasteiger charge is -2.11. The average molecular weight is 609 g/mol. The third-order valence-electron chi connectivity index (χ3n) is 7.57. The molecule has 0 aliphatic carbocycles. The molecule has 0 saturated carbocycles. The van der Waals surface area contributed by atoms with Gasteiger partial charge in [-0.1, -0.05) is 60.7 Å². The highest BCUT2D eigenvalue weighted by molar-refractivity contribution is 6.05. The van der Waals surface area contributed by atoms with Crippen LogP contribution in [0.15, 0.2) is 91.0 Å². The van der Waals surface area contributed by atoms with Gasteiger partial charge < -0.3 is 24.8 Å². The average Bonchev–Trinajstić information content (AvgIpc) is 3.34. The highest BCUT2D eigenvalue weighted by atomic mass is 19.1. The zero-order chi connectivity index (χ0) is 31.8. The van der Waals surface area contributed by atoms with E-state index < -0.39 is 23.7 Å². The molecule has 1 heterocycles. The quantitative estimate of drug-likeness (QED) is 0.113. The van der Waals surface area contributed by atoms with Crippen molar-refractivity contribution in [3.63, 3.8) is 0 Å². The zero-order valence-corrected chi connectivity index (χ0v) is 24.5. The number of carbonyl (C=O) groups is 3. The van der Waals surface area contributed by atoms with Gasteiger partial charge >= 0.3 is 11.9 Å². The van der Waals surface area contributed by atoms with Crippen LogP contribution < -0.4 is 10.1 Å². The van der Waals surface area contributed by atoms with Gasteiger partial charge in [0.2, 0.25) is 0 Å². The number of ether oxygens (including phenoxy) is 1. The van der Waals surface area contributed by atoms with E-state index in [2.05, 4.69) is 5.32 Å². The largest absolute Gasteiger partial charge is 0.493 e. The van der Waals surface area contributed by atoms with Crippen molar-refractivity contribution in [3.8, 4) is 5.75 Å². The molecule has 4 aromatic carbocycles. The van der Waals surface area contributed by atoms with E-state index in [9.17, 15) is 29.0 Å². The molecule has 0 atom stereocenters. The first-order chi connectivity index (χ1) is 21.8. The summed E-state index contributed by atoms with van der Waals surface area (Å²) in [5.41, 5.74) is 1.20. The third kappa shape index (κ3) is 7.21. The number of aryl methyl sites for hydroxylation is 1. The predicted octanol–water partition coefficient (Wildman–Crippen LogP) is 7.41. The van der Waals surface area contributed by atoms with Crippen molar-refractivity contribution in [2.24, 2.45) is 0 Å². The molecule has 0 radical (unpaired) electrons. The number of carbonyl (C=O) groups excluding carboxylic acids is 1. The predicted molar refractivity (Wildman–Crippen MR) is 172 cm³/mol. The first-order valence-electron chi connectivity index (χ1n) is 14.8. The highest BCUT2D eigenvalue weighted by Gasteiger charge is 2.21. The van der Waals surface area contributed by atoms with Gasteiger partial charge in [0, 0.05) is 34.9 Å². The van der Waals surface area contributed by atoms with Crippen molar-refractivity contribution in [2.75, 3.05) is 13.2 Å². The Balaban J connectivity index is 1.22. The molecule has 1 amide bonds. The number of aromatic carboxylic acids is 2. The summed E-state index contributed by atoms with van der Waals surface area (Å²) in [6.07, 6.45) is 6.03. The highest BCUT2D eigenvalue weighted by Crippen LogP contribution is 2.30. The van der Waals surface area contributed by atoms with Crippen molar-refractivity contribution in [1.82, 2.24) is 9.88 Å². The van der Waals surface area contributed by atoms with Crippen LogP contribution >= 0.6 is 0 Å². The van der Waals surface area contributed by atoms with Crippen molar-refractivity contribution in [2.45, 2.75) is 32.2 Å². The van der Waals surface area contributed by atoms with Crippen LogP contribution in [0, 0.1) is 5.82 Å². The monoisotopic (exact) mass is 608 g/mol. The van der Waals surface area contributed by atoms with Crippen LogP contribution in [0.1, 0.15) is 62.5 Å². The van der Waals surface area contributed by atoms with E-state index in [1.165, 1.54) is 24.3 Å². The lowest BCUT2D eigenvalue weighted by molar-refractivity contribution is 0.0678. The Bertz CT molecular complexity index is 1890. The van der Waals surface area contributed by atoms with E-state index in [4.69, 9.17) is 4.74 Å². The summed E-state index contributed by atoms with van der Waals surface area (Å²) in [6.45, 7) is 1.09. The molecule has 45 heavy (non-hydrogen) atoms. The molecule has 0 aliphatic rings. The number of unbranched alkanes of at least 4 members (excludes halogenated alkanes) is 2. The summed E-state index contributed by atoms with van der Waals surface area (Å²) < 4.78 is 22.1. The normalized spacial score (nSPS) is 11.3. The first-order valence-corrected chi connectivity index (χ1v) is 14.8. The number of nitrogens with one attached hydrogen (secondary N) is 1. The number of benzene rings is 4. The van der Waals surface area contributed by atoms with E-state index >= 15 is 0 Å². The van der Waals surface area contributed by atoms with E-state index in [1.54, 1.807) is 28.8 Å². The maximum atomic E-state index is 14.3. The Kier molecular flexibility index (Phi) is 9.89. The number of halogens is 1. The number of amides is 1. The molecule has 0 fully saturated rings. The maximum Gasteiger partial charge on any atom is 0.353 e. The Morgan fingerprint density at radius 3 is 2.38 bits per heavy atom. The SMILES string of the molecule is O=C(O)c1ccccc1C(=O)NCCCCC=Cc1c(C(=O)O)n(CCCOc2cccc3ccccc23)c2ccc(F)cc12. The molecule has 0 unspecified atom stereocenters. The molecule has 9 heteroatoms. The fourth-order valence-corrected chi connectivity index (χ4v) is 5.46. The van der Waals surface area contributed by atoms with Crippen LogP contribution in [0.4, 0.5) is 4.39 Å². The van der Waals surface area contributed by atoms with Gasteiger partial charge in [-0.15, -0.1) is 0 Å². The summed E-state index contributed by atoms with van der Waals surface area (Å²) >= 11 is 0. The van der Waals surface area contributed by atoms with Gasteiger partial charge in [-0.2, -0.15) is 0 Å². The number of rotatable bonds is 14. The van der Waals surface area contributed by atoms with Crippen molar-refractivity contribution in [1.29, 1.82) is 0 Å². The lowest BCUT2D eigenvalue weighted by atomic mass is 10.1. The zero-order valence-electron chi connectivity index (χ0n) is 24.5. The lowest BCUT2D eigenvalue weighted by Crippen LogP contribution is -2.26. The topological polar surface area (TPSA) is 118 Å². The molecule has 0 bridgehead atoms. The Morgan fingerprint density at radius 2 is 1.58 bits per heavy atom. The molecule has 0 saturated heterocycles. The second kappa shape index (κ2) is 14.4. The fourth-order valence-electron chi connectivity index (χ4n) is 5.46. The van der Waals surface area contributed by atoms with Gasteiger partial charge in [-0.3, -0.25) is 4.79 Å². The van der Waals surface area contributed by atoms with Crippen LogP contribution in [0.5, 0.6) is 5.75 Å². The number of hydrogen-bond acceptors (Lipinski definition) is 4.